The van der Waals surface area contributed by atoms with Crippen molar-refractivity contribution in [3.05, 3.63) is 65.5 Å². The third kappa shape index (κ3) is 4.69. The van der Waals surface area contributed by atoms with E-state index < -0.39 is 24.3 Å². The van der Waals surface area contributed by atoms with Crippen LogP contribution >= 0.6 is 0 Å². The molecule has 0 N–H and O–H groups in total. The van der Waals surface area contributed by atoms with Crippen LogP contribution in [-0.4, -0.2) is 42.9 Å². The Kier molecular flexibility index (Phi) is 5.80. The Hall–Kier alpha value is -3.22. The molecule has 1 amide bonds. The van der Waals surface area contributed by atoms with Gasteiger partial charge < -0.3 is 9.47 Å². The molecule has 0 saturated carbocycles. The molecule has 0 aromatic heterocycles. The second-order valence-electron chi connectivity index (χ2n) is 5.99. The number of hydrogen-bond donors (Lipinski definition) is 0. The van der Waals surface area contributed by atoms with Crippen LogP contribution in [0.3, 0.4) is 0 Å². The molecule has 27 heavy (non-hydrogen) atoms. The minimum absolute atomic E-state index is 0.100. The Balaban J connectivity index is 1.51. The van der Waals surface area contributed by atoms with Crippen molar-refractivity contribution in [2.24, 2.45) is 5.10 Å². The van der Waals surface area contributed by atoms with E-state index in [2.05, 4.69) is 5.10 Å². The number of hydrogen-bond acceptors (Lipinski definition) is 5. The van der Waals surface area contributed by atoms with E-state index in [4.69, 9.17) is 9.47 Å². The highest BCUT2D eigenvalue weighted by Crippen LogP contribution is 2.18. The van der Waals surface area contributed by atoms with Crippen LogP contribution in [0.1, 0.15) is 17.5 Å². The van der Waals surface area contributed by atoms with Crippen molar-refractivity contribution in [1.82, 2.24) is 5.01 Å². The fourth-order valence-electron chi connectivity index (χ4n) is 2.72. The number of carbonyl (C=O) groups excluding carboxylic acids is 2. The van der Waals surface area contributed by atoms with Crippen LogP contribution in [0.25, 0.3) is 0 Å². The molecule has 2 aromatic carbocycles. The van der Waals surface area contributed by atoms with Crippen molar-refractivity contribution in [3.63, 3.8) is 0 Å². The Morgan fingerprint density at radius 2 is 1.96 bits per heavy atom. The fraction of sp³-hybridized carbons (Fsp3) is 0.250. The largest absolute Gasteiger partial charge is 0.494 e. The van der Waals surface area contributed by atoms with E-state index in [0.717, 1.165) is 11.3 Å². The number of nitrogens with zero attached hydrogens (tertiary/aromatic N) is 2. The van der Waals surface area contributed by atoms with Gasteiger partial charge in [0.15, 0.2) is 18.2 Å². The van der Waals surface area contributed by atoms with Crippen molar-refractivity contribution in [2.45, 2.75) is 12.8 Å². The molecule has 3 rings (SSSR count). The molecule has 6 nitrogen and oxygen atoms in total. The first kappa shape index (κ1) is 18.6. The van der Waals surface area contributed by atoms with Crippen LogP contribution in [0.2, 0.25) is 0 Å². The smallest absolute Gasteiger partial charge is 0.310 e. The highest BCUT2D eigenvalue weighted by atomic mass is 19.1. The molecule has 1 heterocycles. The number of methoxy groups -OCH3 is 1. The fourth-order valence-corrected chi connectivity index (χ4v) is 2.72. The number of halogens is 1. The first-order valence-corrected chi connectivity index (χ1v) is 8.48. The maximum Gasteiger partial charge on any atom is 0.310 e. The summed E-state index contributed by atoms with van der Waals surface area (Å²) < 4.78 is 23.5. The molecule has 0 aliphatic carbocycles. The molecule has 0 unspecified atom stereocenters. The quantitative estimate of drug-likeness (QED) is 0.733. The molecule has 140 valence electrons. The van der Waals surface area contributed by atoms with Gasteiger partial charge in [0.25, 0.3) is 5.91 Å². The van der Waals surface area contributed by atoms with Crippen LogP contribution in [0.5, 0.6) is 5.75 Å². The van der Waals surface area contributed by atoms with Gasteiger partial charge in [-0.2, -0.15) is 5.10 Å². The van der Waals surface area contributed by atoms with Gasteiger partial charge >= 0.3 is 5.97 Å². The summed E-state index contributed by atoms with van der Waals surface area (Å²) in [6.45, 7) is 0.0490. The summed E-state index contributed by atoms with van der Waals surface area (Å²) in [6.07, 6.45) is 0.515. The van der Waals surface area contributed by atoms with E-state index >= 15 is 0 Å². The highest BCUT2D eigenvalue weighted by Gasteiger charge is 2.22. The average molecular weight is 370 g/mol. The molecule has 1 aliphatic rings. The van der Waals surface area contributed by atoms with Crippen LogP contribution < -0.4 is 4.74 Å². The molecule has 0 radical (unpaired) electrons. The summed E-state index contributed by atoms with van der Waals surface area (Å²) in [7, 11) is 1.36. The molecule has 0 atom stereocenters. The minimum atomic E-state index is -0.612. The van der Waals surface area contributed by atoms with Gasteiger partial charge in [0.1, 0.15) is 0 Å². The minimum Gasteiger partial charge on any atom is -0.494 e. The number of esters is 1. The Morgan fingerprint density at radius 3 is 2.67 bits per heavy atom. The van der Waals surface area contributed by atoms with Gasteiger partial charge in [0, 0.05) is 6.42 Å². The average Bonchev–Trinajstić information content (AvgIpc) is 3.17. The van der Waals surface area contributed by atoms with Crippen molar-refractivity contribution < 1.29 is 23.5 Å². The Labute approximate surface area is 156 Å². The lowest BCUT2D eigenvalue weighted by Crippen LogP contribution is -2.29. The Morgan fingerprint density at radius 1 is 1.19 bits per heavy atom. The maximum absolute atomic E-state index is 13.6. The first-order chi connectivity index (χ1) is 13.1. The van der Waals surface area contributed by atoms with E-state index in [1.807, 2.05) is 30.3 Å². The zero-order valence-corrected chi connectivity index (χ0v) is 14.9. The lowest BCUT2D eigenvalue weighted by molar-refractivity contribution is -0.151. The lowest BCUT2D eigenvalue weighted by Gasteiger charge is -2.11. The summed E-state index contributed by atoms with van der Waals surface area (Å²) in [5.74, 6) is -1.46. The van der Waals surface area contributed by atoms with Crippen LogP contribution in [0, 0.1) is 5.82 Å². The zero-order chi connectivity index (χ0) is 19.2. The van der Waals surface area contributed by atoms with E-state index in [1.54, 1.807) is 6.07 Å². The predicted octanol–water partition coefficient (Wildman–Crippen LogP) is 2.56. The van der Waals surface area contributed by atoms with Crippen molar-refractivity contribution >= 4 is 17.6 Å². The standard InChI is InChI=1S/C20H19FN2O4/c1-26-18-8-7-14(11-16(18)21)12-20(25)27-13-19(24)23-10-9-17(22-23)15-5-3-2-4-6-15/h2-8,11H,9-10,12-13H2,1H3. The Bertz CT molecular complexity index is 868. The van der Waals surface area contributed by atoms with Gasteiger partial charge in [-0.25, -0.2) is 9.40 Å². The topological polar surface area (TPSA) is 68.2 Å². The van der Waals surface area contributed by atoms with E-state index in [1.165, 1.54) is 24.3 Å². The second kappa shape index (κ2) is 8.44. The zero-order valence-electron chi connectivity index (χ0n) is 14.9. The predicted molar refractivity (Wildman–Crippen MR) is 96.9 cm³/mol. The summed E-state index contributed by atoms with van der Waals surface area (Å²) in [5.41, 5.74) is 2.23. The number of ether oxygens (including phenoxy) is 2. The van der Waals surface area contributed by atoms with Crippen LogP contribution in [0.15, 0.2) is 53.6 Å². The normalized spacial score (nSPS) is 13.3. The maximum atomic E-state index is 13.6. The van der Waals surface area contributed by atoms with Gasteiger partial charge in [-0.05, 0) is 23.3 Å². The lowest BCUT2D eigenvalue weighted by atomic mass is 10.1. The molecule has 1 aliphatic heterocycles. The van der Waals surface area contributed by atoms with Crippen LogP contribution in [-0.2, 0) is 20.7 Å². The van der Waals surface area contributed by atoms with Crippen LogP contribution in [0.4, 0.5) is 4.39 Å². The van der Waals surface area contributed by atoms with E-state index in [0.29, 0.717) is 18.5 Å². The number of amides is 1. The molecular formula is C20H19FN2O4. The molecule has 0 saturated heterocycles. The van der Waals surface area contributed by atoms with Gasteiger partial charge in [-0.3, -0.25) is 9.59 Å². The molecular weight excluding hydrogens is 351 g/mol. The third-order valence-corrected chi connectivity index (χ3v) is 4.12. The van der Waals surface area contributed by atoms with E-state index in [-0.39, 0.29) is 12.2 Å². The van der Waals surface area contributed by atoms with Crippen molar-refractivity contribution in [3.8, 4) is 5.75 Å². The molecule has 7 heteroatoms. The number of rotatable bonds is 6. The van der Waals surface area contributed by atoms with Crippen molar-refractivity contribution in [2.75, 3.05) is 20.3 Å². The summed E-state index contributed by atoms with van der Waals surface area (Å²) in [4.78, 5) is 24.1. The van der Waals surface area contributed by atoms with Crippen molar-refractivity contribution in [1.29, 1.82) is 0 Å². The molecule has 0 spiro atoms. The first-order valence-electron chi connectivity index (χ1n) is 8.48. The second-order valence-corrected chi connectivity index (χ2v) is 5.99. The monoisotopic (exact) mass is 370 g/mol. The third-order valence-electron chi connectivity index (χ3n) is 4.12. The van der Waals surface area contributed by atoms with Gasteiger partial charge in [-0.15, -0.1) is 0 Å². The highest BCUT2D eigenvalue weighted by molar-refractivity contribution is 6.02. The summed E-state index contributed by atoms with van der Waals surface area (Å²) in [6, 6.07) is 13.8. The molecule has 2 aromatic rings. The number of carbonyl (C=O) groups is 2. The van der Waals surface area contributed by atoms with Gasteiger partial charge in [-0.1, -0.05) is 36.4 Å². The van der Waals surface area contributed by atoms with Gasteiger partial charge in [0.05, 0.1) is 25.8 Å². The number of benzene rings is 2. The molecule has 0 fully saturated rings. The molecule has 0 bridgehead atoms. The van der Waals surface area contributed by atoms with E-state index in [9.17, 15) is 14.0 Å². The van der Waals surface area contributed by atoms with Gasteiger partial charge in [0.2, 0.25) is 0 Å². The SMILES string of the molecule is COc1ccc(CC(=O)OCC(=O)N2CCC(c3ccccc3)=N2)cc1F. The summed E-state index contributed by atoms with van der Waals surface area (Å²) in [5, 5.41) is 5.60. The number of hydrazone groups is 1. The summed E-state index contributed by atoms with van der Waals surface area (Å²) >= 11 is 0.